The molecule has 1 aliphatic heterocycles. The van der Waals surface area contributed by atoms with Crippen LogP contribution in [0.3, 0.4) is 0 Å². The van der Waals surface area contributed by atoms with Gasteiger partial charge in [0.2, 0.25) is 0 Å². The van der Waals surface area contributed by atoms with Crippen LogP contribution in [0.4, 0.5) is 13.2 Å². The van der Waals surface area contributed by atoms with Crippen LogP contribution in [0.1, 0.15) is 95.5 Å². The quantitative estimate of drug-likeness (QED) is 0.359. The number of benzene rings is 1. The van der Waals surface area contributed by atoms with Gasteiger partial charge >= 0.3 is 6.11 Å². The van der Waals surface area contributed by atoms with Gasteiger partial charge in [-0.05, 0) is 112 Å². The Hall–Kier alpha value is -0.820. The van der Waals surface area contributed by atoms with Crippen molar-refractivity contribution in [1.82, 2.24) is 0 Å². The van der Waals surface area contributed by atoms with Crippen LogP contribution in [0.2, 0.25) is 5.02 Å². The summed E-state index contributed by atoms with van der Waals surface area (Å²) in [5.74, 6) is 1.21. The molecular weight excluding hydrogens is 501 g/mol. The Kier molecular flexibility index (Phi) is 9.10. The summed E-state index contributed by atoms with van der Waals surface area (Å²) in [6.07, 6.45) is 6.47. The van der Waals surface area contributed by atoms with Crippen molar-refractivity contribution in [3.63, 3.8) is 0 Å². The smallest absolute Gasteiger partial charge is 0.352 e. The molecule has 3 aliphatic carbocycles. The molecular formula is C30H42ClF3O3. The van der Waals surface area contributed by atoms with Gasteiger partial charge in [0.25, 0.3) is 0 Å². The number of rotatable bonds is 6. The first-order valence-corrected chi connectivity index (χ1v) is 14.9. The van der Waals surface area contributed by atoms with E-state index in [-0.39, 0.29) is 17.2 Å². The van der Waals surface area contributed by atoms with Gasteiger partial charge in [0.1, 0.15) is 5.82 Å². The van der Waals surface area contributed by atoms with E-state index in [1.165, 1.54) is 6.07 Å². The second-order valence-corrected chi connectivity index (χ2v) is 12.7. The molecule has 3 nitrogen and oxygen atoms in total. The van der Waals surface area contributed by atoms with Crippen molar-refractivity contribution in [2.24, 2.45) is 29.6 Å². The molecule has 1 aromatic carbocycles. The monoisotopic (exact) mass is 542 g/mol. The average molecular weight is 543 g/mol. The molecule has 0 bridgehead atoms. The fourth-order valence-electron chi connectivity index (χ4n) is 7.30. The van der Waals surface area contributed by atoms with E-state index in [2.05, 4.69) is 6.92 Å². The van der Waals surface area contributed by atoms with E-state index in [0.29, 0.717) is 49.4 Å². The molecule has 4 aliphatic rings. The second kappa shape index (κ2) is 12.1. The van der Waals surface area contributed by atoms with Gasteiger partial charge in [-0.15, -0.1) is 0 Å². The van der Waals surface area contributed by atoms with Gasteiger partial charge in [0, 0.05) is 11.8 Å². The van der Waals surface area contributed by atoms with Crippen LogP contribution >= 0.6 is 11.6 Å². The Morgan fingerprint density at radius 3 is 1.97 bits per heavy atom. The minimum absolute atomic E-state index is 0.0499. The molecule has 7 heteroatoms. The number of halogens is 4. The first-order chi connectivity index (χ1) is 17.8. The third-order valence-electron chi connectivity index (χ3n) is 9.62. The van der Waals surface area contributed by atoms with E-state index < -0.39 is 23.9 Å². The number of hydrogen-bond acceptors (Lipinski definition) is 3. The largest absolute Gasteiger partial charge is 0.358 e. The first kappa shape index (κ1) is 27.7. The molecule has 37 heavy (non-hydrogen) atoms. The van der Waals surface area contributed by atoms with Crippen LogP contribution in [0.25, 0.3) is 0 Å². The highest BCUT2D eigenvalue weighted by molar-refractivity contribution is 6.30. The Balaban J connectivity index is 1.03. The Morgan fingerprint density at radius 2 is 1.38 bits per heavy atom. The molecule has 0 radical (unpaired) electrons. The number of alkyl halides is 2. The van der Waals surface area contributed by atoms with Crippen LogP contribution in [-0.4, -0.2) is 31.7 Å². The lowest BCUT2D eigenvalue weighted by molar-refractivity contribution is -0.301. The van der Waals surface area contributed by atoms with Crippen molar-refractivity contribution in [3.05, 3.63) is 34.6 Å². The van der Waals surface area contributed by atoms with Gasteiger partial charge in [-0.3, -0.25) is 0 Å². The summed E-state index contributed by atoms with van der Waals surface area (Å²) < 4.78 is 61.4. The van der Waals surface area contributed by atoms with Crippen molar-refractivity contribution in [1.29, 1.82) is 0 Å². The van der Waals surface area contributed by atoms with Gasteiger partial charge in [-0.25, -0.2) is 4.39 Å². The highest BCUT2D eigenvalue weighted by Gasteiger charge is 2.46. The zero-order valence-electron chi connectivity index (χ0n) is 22.0. The van der Waals surface area contributed by atoms with E-state index >= 15 is 8.78 Å². The molecule has 4 fully saturated rings. The molecule has 0 N–H and O–H groups in total. The molecule has 3 saturated carbocycles. The molecule has 0 atom stereocenters. The predicted molar refractivity (Wildman–Crippen MR) is 138 cm³/mol. The summed E-state index contributed by atoms with van der Waals surface area (Å²) in [4.78, 5) is 0. The van der Waals surface area contributed by atoms with Gasteiger partial charge < -0.3 is 14.2 Å². The highest BCUT2D eigenvalue weighted by Crippen LogP contribution is 2.47. The summed E-state index contributed by atoms with van der Waals surface area (Å²) in [5.41, 5.74) is 0.896. The van der Waals surface area contributed by atoms with Crippen LogP contribution < -0.4 is 0 Å². The normalized spacial score (nSPS) is 37.9. The van der Waals surface area contributed by atoms with Gasteiger partial charge in [0.15, 0.2) is 6.29 Å². The molecule has 0 spiro atoms. The Labute approximate surface area is 224 Å². The third-order valence-corrected chi connectivity index (χ3v) is 9.92. The SMILES string of the molecule is CC1COC(C2CCC(C3CCC(C(F)(F)OC4CCC(c5ccc(Cl)c(F)c5)CC4)CC3)CC2)OC1. The Morgan fingerprint density at radius 1 is 0.811 bits per heavy atom. The molecule has 0 amide bonds. The summed E-state index contributed by atoms with van der Waals surface area (Å²) >= 11 is 5.79. The predicted octanol–water partition coefficient (Wildman–Crippen LogP) is 8.74. The van der Waals surface area contributed by atoms with Crippen molar-refractivity contribution < 1.29 is 27.4 Å². The lowest BCUT2D eigenvalue weighted by Crippen LogP contribution is -2.40. The zero-order valence-corrected chi connectivity index (χ0v) is 22.7. The molecule has 1 heterocycles. The summed E-state index contributed by atoms with van der Waals surface area (Å²) in [6, 6.07) is 4.89. The van der Waals surface area contributed by atoms with Crippen molar-refractivity contribution in [3.8, 4) is 0 Å². The maximum atomic E-state index is 15.2. The van der Waals surface area contributed by atoms with Crippen molar-refractivity contribution in [2.45, 2.75) is 108 Å². The van der Waals surface area contributed by atoms with E-state index in [1.807, 2.05) is 6.07 Å². The highest BCUT2D eigenvalue weighted by atomic mass is 35.5. The lowest BCUT2D eigenvalue weighted by atomic mass is 9.69. The number of hydrogen-bond donors (Lipinski definition) is 0. The standard InChI is InChI=1S/C30H42ClF3O3/c1-19-17-35-29(36-18-19)23-4-2-20(3-5-23)21-6-11-25(12-7-21)30(33,34)37-26-13-8-22(9-14-26)24-10-15-27(31)28(32)16-24/h10,15-16,19-23,25-26,29H,2-9,11-14,17-18H2,1H3. The molecule has 1 aromatic rings. The van der Waals surface area contributed by atoms with Crippen LogP contribution in [-0.2, 0) is 14.2 Å². The zero-order chi connectivity index (χ0) is 26.0. The number of ether oxygens (including phenoxy) is 3. The molecule has 0 unspecified atom stereocenters. The first-order valence-electron chi connectivity index (χ1n) is 14.5. The summed E-state index contributed by atoms with van der Waals surface area (Å²) in [7, 11) is 0. The topological polar surface area (TPSA) is 27.7 Å². The lowest BCUT2D eigenvalue weighted by Gasteiger charge is -2.42. The second-order valence-electron chi connectivity index (χ2n) is 12.3. The van der Waals surface area contributed by atoms with Crippen molar-refractivity contribution in [2.75, 3.05) is 13.2 Å². The fourth-order valence-corrected chi connectivity index (χ4v) is 7.42. The van der Waals surface area contributed by atoms with Gasteiger partial charge in [0.05, 0.1) is 30.3 Å². The van der Waals surface area contributed by atoms with E-state index in [0.717, 1.165) is 70.1 Å². The summed E-state index contributed by atoms with van der Waals surface area (Å²) in [5, 5.41) is 0.112. The van der Waals surface area contributed by atoms with Crippen molar-refractivity contribution >= 4 is 11.6 Å². The average Bonchev–Trinajstić information content (AvgIpc) is 2.91. The van der Waals surface area contributed by atoms with Gasteiger partial charge in [-0.1, -0.05) is 24.6 Å². The minimum atomic E-state index is -3.07. The Bertz CT molecular complexity index is 867. The maximum Gasteiger partial charge on any atom is 0.358 e. The third kappa shape index (κ3) is 6.85. The van der Waals surface area contributed by atoms with Crippen LogP contribution in [0.5, 0.6) is 0 Å². The van der Waals surface area contributed by atoms with Crippen LogP contribution in [0.15, 0.2) is 18.2 Å². The maximum absolute atomic E-state index is 15.2. The van der Waals surface area contributed by atoms with Gasteiger partial charge in [-0.2, -0.15) is 8.78 Å². The van der Waals surface area contributed by atoms with E-state index in [4.69, 9.17) is 25.8 Å². The minimum Gasteiger partial charge on any atom is -0.352 e. The molecule has 0 aromatic heterocycles. The van der Waals surface area contributed by atoms with E-state index in [1.54, 1.807) is 6.07 Å². The molecule has 1 saturated heterocycles. The van der Waals surface area contributed by atoms with E-state index in [9.17, 15) is 4.39 Å². The summed E-state index contributed by atoms with van der Waals surface area (Å²) in [6.45, 7) is 3.72. The van der Waals surface area contributed by atoms with Crippen LogP contribution in [0, 0.1) is 35.4 Å². The molecule has 5 rings (SSSR count). The fraction of sp³-hybridized carbons (Fsp3) is 0.800. The molecule has 208 valence electrons.